The molecule has 1 saturated heterocycles. The summed E-state index contributed by atoms with van der Waals surface area (Å²) in [5.74, 6) is 1.54. The van der Waals surface area contributed by atoms with Crippen LogP contribution in [-0.2, 0) is 4.74 Å². The van der Waals surface area contributed by atoms with Crippen LogP contribution >= 0.6 is 0 Å². The lowest BCUT2D eigenvalue weighted by Crippen LogP contribution is -2.38. The summed E-state index contributed by atoms with van der Waals surface area (Å²) in [5, 5.41) is 4.01. The number of piperidine rings is 1. The van der Waals surface area contributed by atoms with Crippen molar-refractivity contribution in [3.63, 3.8) is 0 Å². The van der Waals surface area contributed by atoms with Gasteiger partial charge in [0.25, 0.3) is 5.91 Å². The molecule has 0 saturated carbocycles. The summed E-state index contributed by atoms with van der Waals surface area (Å²) in [4.78, 5) is 25.3. The van der Waals surface area contributed by atoms with E-state index in [9.17, 15) is 4.79 Å². The van der Waals surface area contributed by atoms with Gasteiger partial charge in [0.2, 0.25) is 5.89 Å². The number of nitrogens with zero attached hydrogens (tertiary/aromatic N) is 5. The van der Waals surface area contributed by atoms with Gasteiger partial charge in [-0.3, -0.25) is 9.78 Å². The highest BCUT2D eigenvalue weighted by Gasteiger charge is 2.27. The molecule has 26 heavy (non-hydrogen) atoms. The van der Waals surface area contributed by atoms with Crippen molar-refractivity contribution in [1.82, 2.24) is 20.0 Å². The molecule has 1 amide bonds. The van der Waals surface area contributed by atoms with Gasteiger partial charge in [-0.2, -0.15) is 4.98 Å². The number of carbonyl (C=O) groups is 1. The van der Waals surface area contributed by atoms with Crippen LogP contribution in [0.4, 0.5) is 5.69 Å². The predicted molar refractivity (Wildman–Crippen MR) is 96.3 cm³/mol. The van der Waals surface area contributed by atoms with Crippen LogP contribution in [0.15, 0.2) is 22.9 Å². The van der Waals surface area contributed by atoms with Crippen LogP contribution in [0.1, 0.15) is 41.0 Å². The Morgan fingerprint density at radius 3 is 2.85 bits per heavy atom. The molecule has 8 heteroatoms. The van der Waals surface area contributed by atoms with Crippen molar-refractivity contribution in [2.75, 3.05) is 45.3 Å². The zero-order chi connectivity index (χ0) is 18.5. The van der Waals surface area contributed by atoms with Gasteiger partial charge in [0.05, 0.1) is 6.61 Å². The van der Waals surface area contributed by atoms with Crippen molar-refractivity contribution in [2.24, 2.45) is 0 Å². The summed E-state index contributed by atoms with van der Waals surface area (Å²) in [6, 6.07) is 3.74. The number of methoxy groups -OCH3 is 1. The summed E-state index contributed by atoms with van der Waals surface area (Å²) < 4.78 is 10.2. The van der Waals surface area contributed by atoms with Crippen molar-refractivity contribution >= 4 is 11.6 Å². The number of anilines is 1. The van der Waals surface area contributed by atoms with Crippen LogP contribution in [0, 0.1) is 6.92 Å². The zero-order valence-electron chi connectivity index (χ0n) is 15.5. The molecule has 8 nitrogen and oxygen atoms in total. The maximum absolute atomic E-state index is 12.8. The van der Waals surface area contributed by atoms with Gasteiger partial charge in [-0.25, -0.2) is 0 Å². The highest BCUT2D eigenvalue weighted by molar-refractivity contribution is 5.93. The topological polar surface area (TPSA) is 84.6 Å². The molecule has 2 aromatic heterocycles. The van der Waals surface area contributed by atoms with Crippen LogP contribution in [0.2, 0.25) is 0 Å². The molecule has 140 valence electrons. The molecule has 0 aromatic carbocycles. The Kier molecular flexibility index (Phi) is 5.82. The number of aryl methyl sites for hydroxylation is 1. The molecule has 3 rings (SSSR count). The van der Waals surface area contributed by atoms with E-state index in [2.05, 4.69) is 15.1 Å². The molecule has 2 aromatic rings. The minimum atomic E-state index is -0.0327. The average Bonchev–Trinajstić information content (AvgIpc) is 3.12. The number of carbonyl (C=O) groups excluding carboxylic acids is 1. The number of aromatic nitrogens is 3. The highest BCUT2D eigenvalue weighted by atomic mass is 16.5. The first-order valence-electron chi connectivity index (χ1n) is 8.84. The number of hydrogen-bond donors (Lipinski definition) is 0. The largest absolute Gasteiger partial charge is 0.383 e. The van der Waals surface area contributed by atoms with Gasteiger partial charge in [-0.1, -0.05) is 5.16 Å². The third-order valence-electron chi connectivity index (χ3n) is 4.72. The quantitative estimate of drug-likeness (QED) is 0.778. The van der Waals surface area contributed by atoms with E-state index in [4.69, 9.17) is 9.26 Å². The van der Waals surface area contributed by atoms with E-state index in [1.807, 2.05) is 29.0 Å². The molecule has 0 unspecified atom stereocenters. The molecule has 1 aliphatic heterocycles. The van der Waals surface area contributed by atoms with E-state index in [-0.39, 0.29) is 11.8 Å². The molecule has 3 heterocycles. The Balaban J connectivity index is 1.61. The fourth-order valence-corrected chi connectivity index (χ4v) is 3.11. The van der Waals surface area contributed by atoms with E-state index in [1.54, 1.807) is 20.2 Å². The lowest BCUT2D eigenvalue weighted by atomic mass is 9.96. The smallest absolute Gasteiger partial charge is 0.272 e. The Morgan fingerprint density at radius 1 is 1.42 bits per heavy atom. The minimum absolute atomic E-state index is 0.0327. The number of rotatable bonds is 6. The van der Waals surface area contributed by atoms with E-state index in [0.717, 1.165) is 30.9 Å². The molecule has 0 atom stereocenters. The van der Waals surface area contributed by atoms with Gasteiger partial charge in [-0.15, -0.1) is 0 Å². The van der Waals surface area contributed by atoms with Gasteiger partial charge < -0.3 is 19.1 Å². The third kappa shape index (κ3) is 4.19. The first-order chi connectivity index (χ1) is 12.6. The van der Waals surface area contributed by atoms with Crippen LogP contribution < -0.4 is 4.90 Å². The molecule has 0 spiro atoms. The lowest BCUT2D eigenvalue weighted by molar-refractivity contribution is 0.0704. The van der Waals surface area contributed by atoms with Gasteiger partial charge in [0.1, 0.15) is 5.69 Å². The molecule has 0 N–H and O–H groups in total. The van der Waals surface area contributed by atoms with E-state index in [1.165, 1.54) is 0 Å². The second-order valence-corrected chi connectivity index (χ2v) is 6.55. The Labute approximate surface area is 153 Å². The van der Waals surface area contributed by atoms with Crippen LogP contribution in [0.25, 0.3) is 0 Å². The average molecular weight is 359 g/mol. The number of pyridine rings is 1. The summed E-state index contributed by atoms with van der Waals surface area (Å²) >= 11 is 0. The lowest BCUT2D eigenvalue weighted by Gasteiger charge is -2.30. The van der Waals surface area contributed by atoms with E-state index < -0.39 is 0 Å². The second-order valence-electron chi connectivity index (χ2n) is 6.55. The van der Waals surface area contributed by atoms with Crippen molar-refractivity contribution in [2.45, 2.75) is 25.7 Å². The SMILES string of the molecule is COCCN(C)c1ccnc(C(=O)N2CCC(c3noc(C)n3)CC2)c1. The molecular weight excluding hydrogens is 334 g/mol. The van der Waals surface area contributed by atoms with E-state index in [0.29, 0.717) is 31.3 Å². The standard InChI is InChI=1S/C18H25N5O3/c1-13-20-17(21-26-13)14-5-8-23(9-6-14)18(24)16-12-15(4-7-19-16)22(2)10-11-25-3/h4,7,12,14H,5-6,8-11H2,1-3H3. The minimum Gasteiger partial charge on any atom is -0.383 e. The fourth-order valence-electron chi connectivity index (χ4n) is 3.11. The normalized spacial score (nSPS) is 15.3. The number of ether oxygens (including phenoxy) is 1. The third-order valence-corrected chi connectivity index (χ3v) is 4.72. The number of likely N-dealkylation sites (tertiary alicyclic amines) is 1. The number of hydrogen-bond acceptors (Lipinski definition) is 7. The maximum Gasteiger partial charge on any atom is 0.272 e. The Hall–Kier alpha value is -2.48. The zero-order valence-corrected chi connectivity index (χ0v) is 15.5. The first kappa shape index (κ1) is 18.3. The van der Waals surface area contributed by atoms with E-state index >= 15 is 0 Å². The van der Waals surface area contributed by atoms with Gasteiger partial charge >= 0.3 is 0 Å². The molecular formula is C18H25N5O3. The van der Waals surface area contributed by atoms with Crippen molar-refractivity contribution < 1.29 is 14.1 Å². The summed E-state index contributed by atoms with van der Waals surface area (Å²) in [6.07, 6.45) is 3.34. The Bertz CT molecular complexity index is 740. The van der Waals surface area contributed by atoms with Crippen LogP contribution in [0.3, 0.4) is 0 Å². The molecule has 1 fully saturated rings. The Morgan fingerprint density at radius 2 is 2.19 bits per heavy atom. The summed E-state index contributed by atoms with van der Waals surface area (Å²) in [5.41, 5.74) is 1.43. The van der Waals surface area contributed by atoms with Crippen LogP contribution in [0.5, 0.6) is 0 Å². The summed E-state index contributed by atoms with van der Waals surface area (Å²) in [7, 11) is 3.65. The highest BCUT2D eigenvalue weighted by Crippen LogP contribution is 2.26. The van der Waals surface area contributed by atoms with Gasteiger partial charge in [-0.05, 0) is 25.0 Å². The second kappa shape index (κ2) is 8.27. The van der Waals surface area contributed by atoms with Crippen molar-refractivity contribution in [1.29, 1.82) is 0 Å². The van der Waals surface area contributed by atoms with Crippen molar-refractivity contribution in [3.8, 4) is 0 Å². The molecule has 0 bridgehead atoms. The number of likely N-dealkylation sites (N-methyl/N-ethyl adjacent to an activating group) is 1. The fraction of sp³-hybridized carbons (Fsp3) is 0.556. The van der Waals surface area contributed by atoms with Gasteiger partial charge in [0, 0.05) is 58.5 Å². The first-order valence-corrected chi connectivity index (χ1v) is 8.84. The monoisotopic (exact) mass is 359 g/mol. The maximum atomic E-state index is 12.8. The number of amides is 1. The predicted octanol–water partition coefficient (Wildman–Crippen LogP) is 1.88. The summed E-state index contributed by atoms with van der Waals surface area (Å²) in [6.45, 7) is 4.51. The molecule has 1 aliphatic rings. The van der Waals surface area contributed by atoms with Gasteiger partial charge in [0.15, 0.2) is 5.82 Å². The van der Waals surface area contributed by atoms with Crippen molar-refractivity contribution in [3.05, 3.63) is 35.7 Å². The molecule has 0 radical (unpaired) electrons. The molecule has 0 aliphatic carbocycles. The van der Waals surface area contributed by atoms with Crippen LogP contribution in [-0.4, -0.2) is 66.3 Å².